The minimum Gasteiger partial charge on any atom is -0.396 e. The van der Waals surface area contributed by atoms with Gasteiger partial charge in [-0.15, -0.1) is 0 Å². The molecule has 1 aromatic rings. The molecule has 4 aliphatic carbocycles. The molecule has 9 nitrogen and oxygen atoms in total. The van der Waals surface area contributed by atoms with E-state index in [2.05, 4.69) is 59.7 Å². The third-order valence-corrected chi connectivity index (χ3v) is 15.9. The maximum absolute atomic E-state index is 12.8. The quantitative estimate of drug-likeness (QED) is 0.0436. The molecule has 1 heterocycles. The predicted molar refractivity (Wildman–Crippen MR) is 243 cm³/mol. The summed E-state index contributed by atoms with van der Waals surface area (Å²) in [5.74, 6) is -0.511. The van der Waals surface area contributed by atoms with Crippen LogP contribution in [0, 0.1) is 40.9 Å². The van der Waals surface area contributed by atoms with E-state index in [1.54, 1.807) is 7.11 Å². The lowest BCUT2D eigenvalue weighted by molar-refractivity contribution is -0.194. The predicted octanol–water partition coefficient (Wildman–Crippen LogP) is 6.85. The van der Waals surface area contributed by atoms with Crippen LogP contribution in [0.15, 0.2) is 95.2 Å². The minimum atomic E-state index is -1.24. The fraction of sp³-hybridized carbons (Fsp3) is 0.635. The van der Waals surface area contributed by atoms with Crippen LogP contribution in [0.4, 0.5) is 0 Å². The lowest BCUT2D eigenvalue weighted by atomic mass is 9.45. The zero-order chi connectivity index (χ0) is 43.8. The summed E-state index contributed by atoms with van der Waals surface area (Å²) in [6.45, 7) is 9.29. The van der Waals surface area contributed by atoms with Crippen molar-refractivity contribution in [1.82, 2.24) is 10.6 Å². The molecule has 61 heavy (non-hydrogen) atoms. The molecule has 9 heteroatoms. The molecule has 7 N–H and O–H groups in total. The molecule has 5 aliphatic rings. The minimum absolute atomic E-state index is 0.0418. The van der Waals surface area contributed by atoms with Gasteiger partial charge in [0.2, 0.25) is 0 Å². The van der Waals surface area contributed by atoms with Gasteiger partial charge in [0.25, 0.3) is 0 Å². The number of nitrogens with one attached hydrogen (secondary N) is 2. The summed E-state index contributed by atoms with van der Waals surface area (Å²) in [6, 6.07) is 8.90. The van der Waals surface area contributed by atoms with Crippen molar-refractivity contribution >= 4 is 6.29 Å². The maximum Gasteiger partial charge on any atom is 0.145 e. The van der Waals surface area contributed by atoms with E-state index in [1.165, 1.54) is 30.4 Å². The van der Waals surface area contributed by atoms with Gasteiger partial charge in [-0.1, -0.05) is 97.7 Å². The molecule has 1 aliphatic heterocycles. The number of aliphatic hydroxyl groups is 5. The summed E-state index contributed by atoms with van der Waals surface area (Å²) in [5, 5.41) is 65.3. The number of ether oxygens (including phenoxy) is 1. The standard InChI is InChI=1S/C52H76N2O7/c1-35(41-18-17-36(2)49(59)54-50(25-28-61-5,44-15-7-6-8-16-44)31-39-13-10-12-38(29-39)30-41)11-9-14-43(34-57)45-21-23-52(48(45)58)47-40(22-27-55)19-20-42(46(47)37(3)33-56)32-51(52,60)24-26-53-4/h9-14,17,19-20,29,33,40-42,44-45,47-49,53-55,57-60H,1,6-8,15-16,18,21-28,30-32,34H2,2-5H3/t40-,41+,42-,45+,47+,48+,49-,50-,51+,52+/m0/s1. The summed E-state index contributed by atoms with van der Waals surface area (Å²) in [6.07, 6.45) is 22.8. The van der Waals surface area contributed by atoms with Gasteiger partial charge >= 0.3 is 0 Å². The molecule has 0 aromatic heterocycles. The van der Waals surface area contributed by atoms with Crippen molar-refractivity contribution in [1.29, 1.82) is 0 Å². The number of rotatable bonds is 15. The number of carbonyl (C=O) groups is 1. The molecule has 3 saturated carbocycles. The van der Waals surface area contributed by atoms with Gasteiger partial charge in [0.1, 0.15) is 12.5 Å². The first-order chi connectivity index (χ1) is 29.4. The van der Waals surface area contributed by atoms with Gasteiger partial charge in [0.05, 0.1) is 18.3 Å². The van der Waals surface area contributed by atoms with Crippen LogP contribution in [-0.2, 0) is 22.4 Å². The highest BCUT2D eigenvalue weighted by atomic mass is 16.5. The Balaban J connectivity index is 1.27. The van der Waals surface area contributed by atoms with E-state index >= 15 is 0 Å². The Hall–Kier alpha value is -2.99. The summed E-state index contributed by atoms with van der Waals surface area (Å²) in [7, 11) is 3.62. The normalized spacial score (nSPS) is 35.8. The SMILES string of the molecule is C=C(C=CC=C(CO)[C@H]1CC[C@]2([C@@H]1O)[C@H]1C(=C(C)C=O)[C@@H](C=C[C@H]1CCO)C[C@]2(O)CCNC)[C@@H]1CC=C(C)[C@H](O)N[C@](CCOC)(C2CCCCC2)Cc2cccc(c2)C1. The largest absolute Gasteiger partial charge is 0.396 e. The molecule has 4 bridgehead atoms. The van der Waals surface area contributed by atoms with E-state index < -0.39 is 29.3 Å². The van der Waals surface area contributed by atoms with Gasteiger partial charge in [-0.3, -0.25) is 10.1 Å². The van der Waals surface area contributed by atoms with Crippen LogP contribution in [0.25, 0.3) is 0 Å². The van der Waals surface area contributed by atoms with Crippen molar-refractivity contribution in [3.63, 3.8) is 0 Å². The topological polar surface area (TPSA) is 152 Å². The molecular weight excluding hydrogens is 765 g/mol. The summed E-state index contributed by atoms with van der Waals surface area (Å²) in [4.78, 5) is 12.4. The summed E-state index contributed by atoms with van der Waals surface area (Å²) >= 11 is 0. The second-order valence-corrected chi connectivity index (χ2v) is 19.3. The summed E-state index contributed by atoms with van der Waals surface area (Å²) < 4.78 is 5.65. The molecule has 336 valence electrons. The van der Waals surface area contributed by atoms with Crippen molar-refractivity contribution in [2.45, 2.75) is 127 Å². The van der Waals surface area contributed by atoms with Crippen molar-refractivity contribution in [3.05, 3.63) is 106 Å². The smallest absolute Gasteiger partial charge is 0.145 e. The lowest BCUT2D eigenvalue weighted by Crippen LogP contribution is -2.65. The van der Waals surface area contributed by atoms with Crippen molar-refractivity contribution < 1.29 is 35.1 Å². The van der Waals surface area contributed by atoms with Crippen molar-refractivity contribution in [3.8, 4) is 0 Å². The highest BCUT2D eigenvalue weighted by molar-refractivity contribution is 5.74. The Morgan fingerprint density at radius 2 is 1.85 bits per heavy atom. The fourth-order valence-corrected chi connectivity index (χ4v) is 12.7. The van der Waals surface area contributed by atoms with Gasteiger partial charge in [0.15, 0.2) is 0 Å². The molecule has 10 atom stereocenters. The average molecular weight is 841 g/mol. The van der Waals surface area contributed by atoms with E-state index in [-0.39, 0.29) is 42.4 Å². The molecule has 0 unspecified atom stereocenters. The number of hydrogen-bond donors (Lipinski definition) is 7. The van der Waals surface area contributed by atoms with E-state index in [0.29, 0.717) is 68.7 Å². The van der Waals surface area contributed by atoms with E-state index in [1.807, 2.05) is 39.1 Å². The Kier molecular flexibility index (Phi) is 16.4. The number of aldehydes is 1. The molecule has 0 radical (unpaired) electrons. The van der Waals surface area contributed by atoms with Crippen LogP contribution < -0.4 is 10.6 Å². The van der Waals surface area contributed by atoms with E-state index in [9.17, 15) is 30.3 Å². The van der Waals surface area contributed by atoms with Crippen LogP contribution in [-0.4, -0.2) is 95.8 Å². The lowest BCUT2D eigenvalue weighted by Gasteiger charge is -2.61. The van der Waals surface area contributed by atoms with Gasteiger partial charge in [-0.05, 0) is 150 Å². The van der Waals surface area contributed by atoms with Crippen molar-refractivity contribution in [2.24, 2.45) is 40.9 Å². The highest BCUT2D eigenvalue weighted by Gasteiger charge is 2.68. The molecule has 6 rings (SSSR count). The van der Waals surface area contributed by atoms with Gasteiger partial charge < -0.3 is 35.6 Å². The Labute approximate surface area is 365 Å². The molecule has 0 saturated heterocycles. The number of allylic oxidation sites excluding steroid dienone is 9. The highest BCUT2D eigenvalue weighted by Crippen LogP contribution is 2.67. The number of benzene rings is 1. The third-order valence-electron chi connectivity index (χ3n) is 15.9. The maximum atomic E-state index is 12.8. The second-order valence-electron chi connectivity index (χ2n) is 19.3. The first-order valence-corrected chi connectivity index (χ1v) is 23.3. The average Bonchev–Trinajstić information content (AvgIpc) is 3.61. The van der Waals surface area contributed by atoms with Crippen LogP contribution >= 0.6 is 0 Å². The zero-order valence-corrected chi connectivity index (χ0v) is 37.5. The van der Waals surface area contributed by atoms with Crippen LogP contribution in [0.3, 0.4) is 0 Å². The number of carbonyl (C=O) groups excluding carboxylic acids is 1. The zero-order valence-electron chi connectivity index (χ0n) is 37.5. The second kappa shape index (κ2) is 21.1. The van der Waals surface area contributed by atoms with E-state index in [0.717, 1.165) is 55.1 Å². The molecule has 3 fully saturated rings. The number of methoxy groups -OCH3 is 1. The Morgan fingerprint density at radius 1 is 1.08 bits per heavy atom. The third kappa shape index (κ3) is 9.90. The monoisotopic (exact) mass is 841 g/mol. The van der Waals surface area contributed by atoms with Crippen LogP contribution in [0.1, 0.15) is 102 Å². The number of aliphatic hydroxyl groups excluding tert-OH is 4. The number of hydrogen-bond acceptors (Lipinski definition) is 9. The molecule has 1 aromatic carbocycles. The van der Waals surface area contributed by atoms with Gasteiger partial charge in [-0.2, -0.15) is 0 Å². The Morgan fingerprint density at radius 3 is 2.56 bits per heavy atom. The first kappa shape index (κ1) is 47.5. The summed E-state index contributed by atoms with van der Waals surface area (Å²) in [5.41, 5.74) is 4.12. The molecule has 1 spiro atoms. The number of fused-ring (bicyclic) bond motifs is 5. The van der Waals surface area contributed by atoms with Crippen molar-refractivity contribution in [2.75, 3.05) is 40.5 Å². The van der Waals surface area contributed by atoms with Gasteiger partial charge in [0, 0.05) is 43.1 Å². The van der Waals surface area contributed by atoms with Crippen LogP contribution in [0.2, 0.25) is 0 Å². The first-order valence-electron chi connectivity index (χ1n) is 23.3. The fourth-order valence-electron chi connectivity index (χ4n) is 12.7. The van der Waals surface area contributed by atoms with E-state index in [4.69, 9.17) is 4.74 Å². The van der Waals surface area contributed by atoms with Crippen LogP contribution in [0.5, 0.6) is 0 Å². The Bertz CT molecular complexity index is 1830. The molecular formula is C52H76N2O7. The van der Waals surface area contributed by atoms with Gasteiger partial charge in [-0.25, -0.2) is 0 Å². The molecule has 0 amide bonds.